The second-order valence-electron chi connectivity index (χ2n) is 6.30. The predicted molar refractivity (Wildman–Crippen MR) is 106 cm³/mol. The molecule has 0 saturated heterocycles. The van der Waals surface area contributed by atoms with Gasteiger partial charge in [0.2, 0.25) is 5.91 Å². The van der Waals surface area contributed by atoms with Crippen LogP contribution in [0.15, 0.2) is 65.1 Å². The van der Waals surface area contributed by atoms with Crippen molar-refractivity contribution in [1.29, 1.82) is 0 Å². The van der Waals surface area contributed by atoms with Crippen LogP contribution in [0.5, 0.6) is 0 Å². The van der Waals surface area contributed by atoms with E-state index >= 15 is 0 Å². The molecular formula is C21H17BrN2O. The number of carbonyl (C=O) groups is 1. The first-order chi connectivity index (χ1) is 12.0. The van der Waals surface area contributed by atoms with Crippen molar-refractivity contribution in [3.05, 3.63) is 81.8 Å². The van der Waals surface area contributed by atoms with Gasteiger partial charge in [-0.2, -0.15) is 0 Å². The van der Waals surface area contributed by atoms with Gasteiger partial charge in [-0.25, -0.2) is 0 Å². The molecule has 0 saturated carbocycles. The maximum Gasteiger partial charge on any atom is 0.249 e. The number of aromatic nitrogens is 1. The van der Waals surface area contributed by atoms with Crippen molar-refractivity contribution in [2.24, 2.45) is 5.73 Å². The van der Waals surface area contributed by atoms with Crippen molar-refractivity contribution in [3.8, 4) is 0 Å². The van der Waals surface area contributed by atoms with Crippen molar-refractivity contribution in [2.45, 2.75) is 13.5 Å². The van der Waals surface area contributed by atoms with Gasteiger partial charge >= 0.3 is 0 Å². The number of carbonyl (C=O) groups excluding carboxylic acids is 1. The Morgan fingerprint density at radius 3 is 2.52 bits per heavy atom. The van der Waals surface area contributed by atoms with Crippen LogP contribution in [-0.4, -0.2) is 10.5 Å². The zero-order valence-corrected chi connectivity index (χ0v) is 15.4. The number of hydrogen-bond acceptors (Lipinski definition) is 1. The summed E-state index contributed by atoms with van der Waals surface area (Å²) in [4.78, 5) is 11.9. The lowest BCUT2D eigenvalue weighted by molar-refractivity contribution is 0.100. The number of nitrogens with two attached hydrogens (primary N) is 1. The molecule has 1 amide bonds. The Morgan fingerprint density at radius 2 is 1.80 bits per heavy atom. The standard InChI is InChI=1S/C21H17BrN2O/c1-13-5-10-16-19(11-13)24(12-14-6-8-15(22)9-7-14)18-4-2-3-17(20(16)18)21(23)25/h2-11H,12H2,1H3,(H2,23,25). The summed E-state index contributed by atoms with van der Waals surface area (Å²) in [5, 5.41) is 1.99. The van der Waals surface area contributed by atoms with Crippen LogP contribution in [-0.2, 0) is 6.54 Å². The van der Waals surface area contributed by atoms with Gasteiger partial charge in [0.05, 0.1) is 5.52 Å². The number of fused-ring (bicyclic) bond motifs is 3. The van der Waals surface area contributed by atoms with E-state index in [1.165, 1.54) is 11.1 Å². The summed E-state index contributed by atoms with van der Waals surface area (Å²) in [6, 6.07) is 20.4. The third-order valence-electron chi connectivity index (χ3n) is 4.57. The summed E-state index contributed by atoms with van der Waals surface area (Å²) >= 11 is 3.48. The predicted octanol–water partition coefficient (Wildman–Crippen LogP) is 5.01. The number of halogens is 1. The van der Waals surface area contributed by atoms with Crippen LogP contribution in [0.4, 0.5) is 0 Å². The number of benzene rings is 3. The highest BCUT2D eigenvalue weighted by atomic mass is 79.9. The Morgan fingerprint density at radius 1 is 1.04 bits per heavy atom. The van der Waals surface area contributed by atoms with Crippen LogP contribution in [0.25, 0.3) is 21.8 Å². The molecule has 124 valence electrons. The highest BCUT2D eigenvalue weighted by molar-refractivity contribution is 9.10. The number of rotatable bonds is 3. The van der Waals surface area contributed by atoms with E-state index in [0.29, 0.717) is 5.56 Å². The van der Waals surface area contributed by atoms with Crippen molar-refractivity contribution >= 4 is 43.6 Å². The Kier molecular flexibility index (Phi) is 3.85. The van der Waals surface area contributed by atoms with Gasteiger partial charge in [0.15, 0.2) is 0 Å². The lowest BCUT2D eigenvalue weighted by atomic mass is 10.1. The van der Waals surface area contributed by atoms with Crippen LogP contribution >= 0.6 is 15.9 Å². The maximum absolute atomic E-state index is 11.9. The summed E-state index contributed by atoms with van der Waals surface area (Å²) in [6.07, 6.45) is 0. The Hall–Kier alpha value is -2.59. The molecule has 25 heavy (non-hydrogen) atoms. The fraction of sp³-hybridized carbons (Fsp3) is 0.0952. The second kappa shape index (κ2) is 6.05. The van der Waals surface area contributed by atoms with Gasteiger partial charge in [-0.1, -0.05) is 46.3 Å². The van der Waals surface area contributed by atoms with Gasteiger partial charge in [0.1, 0.15) is 0 Å². The molecule has 2 N–H and O–H groups in total. The smallest absolute Gasteiger partial charge is 0.249 e. The lowest BCUT2D eigenvalue weighted by Gasteiger charge is -2.09. The number of hydrogen-bond donors (Lipinski definition) is 1. The molecule has 1 heterocycles. The minimum absolute atomic E-state index is 0.395. The zero-order chi connectivity index (χ0) is 17.6. The van der Waals surface area contributed by atoms with E-state index in [1.54, 1.807) is 6.07 Å². The largest absolute Gasteiger partial charge is 0.366 e. The average molecular weight is 393 g/mol. The molecule has 0 atom stereocenters. The number of aryl methyl sites for hydroxylation is 1. The molecule has 0 spiro atoms. The Labute approximate surface area is 154 Å². The molecule has 0 radical (unpaired) electrons. The van der Waals surface area contributed by atoms with Crippen molar-refractivity contribution in [1.82, 2.24) is 4.57 Å². The van der Waals surface area contributed by atoms with Crippen molar-refractivity contribution in [2.75, 3.05) is 0 Å². The van der Waals surface area contributed by atoms with Crippen LogP contribution in [0, 0.1) is 6.92 Å². The third-order valence-corrected chi connectivity index (χ3v) is 5.09. The molecular weight excluding hydrogens is 376 g/mol. The van der Waals surface area contributed by atoms with E-state index < -0.39 is 5.91 Å². The summed E-state index contributed by atoms with van der Waals surface area (Å²) in [5.41, 5.74) is 10.7. The van der Waals surface area contributed by atoms with Gasteiger partial charge < -0.3 is 10.3 Å². The van der Waals surface area contributed by atoms with Crippen molar-refractivity contribution in [3.63, 3.8) is 0 Å². The van der Waals surface area contributed by atoms with Gasteiger partial charge in [0, 0.05) is 32.9 Å². The van der Waals surface area contributed by atoms with Gasteiger partial charge in [-0.15, -0.1) is 0 Å². The maximum atomic E-state index is 11.9. The molecule has 4 rings (SSSR count). The normalized spacial score (nSPS) is 11.3. The number of primary amides is 1. The molecule has 3 aromatic carbocycles. The van der Waals surface area contributed by atoms with Crippen LogP contribution in [0.2, 0.25) is 0 Å². The highest BCUT2D eigenvalue weighted by Crippen LogP contribution is 2.33. The lowest BCUT2D eigenvalue weighted by Crippen LogP contribution is -2.11. The minimum Gasteiger partial charge on any atom is -0.366 e. The van der Waals surface area contributed by atoms with E-state index in [1.807, 2.05) is 18.2 Å². The summed E-state index contributed by atoms with van der Waals surface area (Å²) in [5.74, 6) is -0.395. The monoisotopic (exact) mass is 392 g/mol. The first-order valence-electron chi connectivity index (χ1n) is 8.10. The van der Waals surface area contributed by atoms with E-state index in [-0.39, 0.29) is 0 Å². The van der Waals surface area contributed by atoms with E-state index in [9.17, 15) is 4.79 Å². The highest BCUT2D eigenvalue weighted by Gasteiger charge is 2.16. The molecule has 4 aromatic rings. The average Bonchev–Trinajstić information content (AvgIpc) is 2.90. The third kappa shape index (κ3) is 2.72. The van der Waals surface area contributed by atoms with Gasteiger partial charge in [-0.3, -0.25) is 4.79 Å². The molecule has 1 aromatic heterocycles. The minimum atomic E-state index is -0.395. The molecule has 0 aliphatic rings. The first-order valence-corrected chi connectivity index (χ1v) is 8.90. The fourth-order valence-corrected chi connectivity index (χ4v) is 3.67. The van der Waals surface area contributed by atoms with E-state index in [4.69, 9.17) is 5.73 Å². The van der Waals surface area contributed by atoms with E-state index in [0.717, 1.165) is 32.8 Å². The zero-order valence-electron chi connectivity index (χ0n) is 13.8. The summed E-state index contributed by atoms with van der Waals surface area (Å²) < 4.78 is 3.32. The van der Waals surface area contributed by atoms with Crippen LogP contribution in [0.3, 0.4) is 0 Å². The van der Waals surface area contributed by atoms with E-state index in [2.05, 4.69) is 63.8 Å². The van der Waals surface area contributed by atoms with Gasteiger partial charge in [-0.05, 0) is 48.4 Å². The molecule has 0 bridgehead atoms. The quantitative estimate of drug-likeness (QED) is 0.523. The molecule has 4 heteroatoms. The van der Waals surface area contributed by atoms with Crippen molar-refractivity contribution < 1.29 is 4.79 Å². The Bertz CT molecular complexity index is 1110. The fourth-order valence-electron chi connectivity index (χ4n) is 3.40. The van der Waals surface area contributed by atoms with Gasteiger partial charge in [0.25, 0.3) is 0 Å². The van der Waals surface area contributed by atoms with Crippen LogP contribution < -0.4 is 5.73 Å². The number of nitrogens with zero attached hydrogens (tertiary/aromatic N) is 1. The molecule has 0 fully saturated rings. The molecule has 3 nitrogen and oxygen atoms in total. The first kappa shape index (κ1) is 15.9. The topological polar surface area (TPSA) is 48.0 Å². The molecule has 0 aliphatic carbocycles. The SMILES string of the molecule is Cc1ccc2c3c(C(N)=O)cccc3n(Cc3ccc(Br)cc3)c2c1. The number of amides is 1. The molecule has 0 unspecified atom stereocenters. The summed E-state index contributed by atoms with van der Waals surface area (Å²) in [7, 11) is 0. The molecule has 0 aliphatic heterocycles. The summed E-state index contributed by atoms with van der Waals surface area (Å²) in [6.45, 7) is 2.81. The van der Waals surface area contributed by atoms with Crippen LogP contribution in [0.1, 0.15) is 21.5 Å². The Balaban J connectivity index is 2.03. The second-order valence-corrected chi connectivity index (χ2v) is 7.21.